The number of hydrogen-bond acceptors (Lipinski definition) is 3. The molecule has 2 aromatic carbocycles. The molecular formula is C20H25FN2O3S. The van der Waals surface area contributed by atoms with Crippen LogP contribution in [0.15, 0.2) is 53.4 Å². The molecule has 1 unspecified atom stereocenters. The minimum absolute atomic E-state index is 0.0109. The van der Waals surface area contributed by atoms with E-state index in [1.807, 2.05) is 13.8 Å². The van der Waals surface area contributed by atoms with Crippen LogP contribution in [0.2, 0.25) is 0 Å². The highest BCUT2D eigenvalue weighted by Crippen LogP contribution is 2.17. The molecule has 0 aliphatic rings. The van der Waals surface area contributed by atoms with Crippen molar-refractivity contribution in [2.24, 2.45) is 0 Å². The molecule has 1 amide bonds. The van der Waals surface area contributed by atoms with E-state index in [0.717, 1.165) is 5.56 Å². The van der Waals surface area contributed by atoms with Crippen LogP contribution in [-0.4, -0.2) is 20.9 Å². The lowest BCUT2D eigenvalue weighted by molar-refractivity contribution is -0.121. The van der Waals surface area contributed by atoms with Gasteiger partial charge >= 0.3 is 0 Å². The lowest BCUT2D eigenvalue weighted by Gasteiger charge is -2.14. The summed E-state index contributed by atoms with van der Waals surface area (Å²) in [6, 6.07) is 12.3. The summed E-state index contributed by atoms with van der Waals surface area (Å²) in [5.74, 6) is -0.368. The molecule has 146 valence electrons. The van der Waals surface area contributed by atoms with Crippen molar-refractivity contribution in [1.29, 1.82) is 0 Å². The predicted molar refractivity (Wildman–Crippen MR) is 103 cm³/mol. The van der Waals surface area contributed by atoms with E-state index in [2.05, 4.69) is 10.0 Å². The van der Waals surface area contributed by atoms with Crippen LogP contribution in [0.1, 0.15) is 50.3 Å². The van der Waals surface area contributed by atoms with Crippen molar-refractivity contribution >= 4 is 15.9 Å². The van der Waals surface area contributed by atoms with Gasteiger partial charge in [0.2, 0.25) is 15.9 Å². The molecule has 2 N–H and O–H groups in total. The predicted octanol–water partition coefficient (Wildman–Crippen LogP) is 3.49. The molecule has 27 heavy (non-hydrogen) atoms. The molecule has 0 bridgehead atoms. The molecule has 1 atom stereocenters. The highest BCUT2D eigenvalue weighted by Gasteiger charge is 2.15. The SMILES string of the molecule is CC(C)c1ccc(S(=O)(=O)NCCC(=O)NC(C)c2cccc(F)c2)cc1. The number of amides is 1. The van der Waals surface area contributed by atoms with Gasteiger partial charge in [-0.15, -0.1) is 0 Å². The van der Waals surface area contributed by atoms with Crippen molar-refractivity contribution in [3.8, 4) is 0 Å². The number of rotatable bonds is 8. The van der Waals surface area contributed by atoms with Gasteiger partial charge in [0.15, 0.2) is 0 Å². The van der Waals surface area contributed by atoms with Crippen LogP contribution < -0.4 is 10.0 Å². The Morgan fingerprint density at radius 1 is 1.04 bits per heavy atom. The van der Waals surface area contributed by atoms with Gasteiger partial charge in [0.25, 0.3) is 0 Å². The Morgan fingerprint density at radius 2 is 1.70 bits per heavy atom. The van der Waals surface area contributed by atoms with Gasteiger partial charge in [-0.25, -0.2) is 17.5 Å². The highest BCUT2D eigenvalue weighted by atomic mass is 32.2. The lowest BCUT2D eigenvalue weighted by atomic mass is 10.0. The summed E-state index contributed by atoms with van der Waals surface area (Å²) in [6.07, 6.45) is -0.0109. The van der Waals surface area contributed by atoms with Crippen molar-refractivity contribution in [2.45, 2.75) is 44.0 Å². The molecule has 0 spiro atoms. The second-order valence-electron chi connectivity index (χ2n) is 6.72. The van der Waals surface area contributed by atoms with Crippen LogP contribution in [0.3, 0.4) is 0 Å². The van der Waals surface area contributed by atoms with E-state index >= 15 is 0 Å². The van der Waals surface area contributed by atoms with Gasteiger partial charge in [0.1, 0.15) is 5.82 Å². The average Bonchev–Trinajstić information content (AvgIpc) is 2.61. The Balaban J connectivity index is 1.86. The number of sulfonamides is 1. The fourth-order valence-corrected chi connectivity index (χ4v) is 3.62. The Kier molecular flexibility index (Phi) is 7.10. The molecule has 0 aromatic heterocycles. The molecule has 0 radical (unpaired) electrons. The van der Waals surface area contributed by atoms with Crippen LogP contribution in [0.25, 0.3) is 0 Å². The van der Waals surface area contributed by atoms with Gasteiger partial charge in [0.05, 0.1) is 10.9 Å². The Bertz CT molecular complexity index is 880. The largest absolute Gasteiger partial charge is 0.350 e. The van der Waals surface area contributed by atoms with Gasteiger partial charge in [0, 0.05) is 13.0 Å². The third-order valence-electron chi connectivity index (χ3n) is 4.23. The topological polar surface area (TPSA) is 75.3 Å². The molecule has 0 heterocycles. The molecule has 0 saturated carbocycles. The zero-order chi connectivity index (χ0) is 20.0. The first-order chi connectivity index (χ1) is 12.7. The van der Waals surface area contributed by atoms with E-state index in [4.69, 9.17) is 0 Å². The number of benzene rings is 2. The zero-order valence-electron chi connectivity index (χ0n) is 15.7. The van der Waals surface area contributed by atoms with Gasteiger partial charge in [-0.05, 0) is 48.2 Å². The van der Waals surface area contributed by atoms with E-state index in [1.54, 1.807) is 43.3 Å². The number of carbonyl (C=O) groups is 1. The minimum atomic E-state index is -3.66. The first kappa shape index (κ1) is 21.1. The lowest BCUT2D eigenvalue weighted by Crippen LogP contribution is -2.32. The number of nitrogens with one attached hydrogen (secondary N) is 2. The van der Waals surface area contributed by atoms with Gasteiger partial charge in [-0.2, -0.15) is 0 Å². The van der Waals surface area contributed by atoms with Crippen molar-refractivity contribution in [2.75, 3.05) is 6.54 Å². The van der Waals surface area contributed by atoms with Crippen molar-refractivity contribution < 1.29 is 17.6 Å². The molecular weight excluding hydrogens is 367 g/mol. The van der Waals surface area contributed by atoms with Crippen molar-refractivity contribution in [3.63, 3.8) is 0 Å². The summed E-state index contributed by atoms with van der Waals surface area (Å²) in [5.41, 5.74) is 1.70. The molecule has 2 aromatic rings. The second-order valence-corrected chi connectivity index (χ2v) is 8.48. The normalized spacial score (nSPS) is 12.8. The monoisotopic (exact) mass is 392 g/mol. The summed E-state index contributed by atoms with van der Waals surface area (Å²) in [4.78, 5) is 12.2. The summed E-state index contributed by atoms with van der Waals surface area (Å²) in [7, 11) is -3.66. The summed E-state index contributed by atoms with van der Waals surface area (Å²) in [6.45, 7) is 5.79. The van der Waals surface area contributed by atoms with E-state index in [9.17, 15) is 17.6 Å². The standard InChI is InChI=1S/C20H25FN2O3S/c1-14(2)16-7-9-19(10-8-16)27(25,26)22-12-11-20(24)23-15(3)17-5-4-6-18(21)13-17/h4-10,13-15,22H,11-12H2,1-3H3,(H,23,24). The van der Waals surface area contributed by atoms with E-state index < -0.39 is 10.0 Å². The summed E-state index contributed by atoms with van der Waals surface area (Å²) in [5, 5.41) is 2.73. The third-order valence-corrected chi connectivity index (χ3v) is 5.70. The Morgan fingerprint density at radius 3 is 2.30 bits per heavy atom. The Hall–Kier alpha value is -2.25. The van der Waals surface area contributed by atoms with Crippen LogP contribution >= 0.6 is 0 Å². The molecule has 0 saturated heterocycles. The van der Waals surface area contributed by atoms with Crippen LogP contribution in [0.4, 0.5) is 4.39 Å². The highest BCUT2D eigenvalue weighted by molar-refractivity contribution is 7.89. The number of hydrogen-bond donors (Lipinski definition) is 2. The van der Waals surface area contributed by atoms with Crippen LogP contribution in [0, 0.1) is 5.82 Å². The maximum absolute atomic E-state index is 13.2. The number of carbonyl (C=O) groups excluding carboxylic acids is 1. The first-order valence-electron chi connectivity index (χ1n) is 8.83. The number of halogens is 1. The van der Waals surface area contributed by atoms with E-state index in [0.29, 0.717) is 11.5 Å². The zero-order valence-corrected chi connectivity index (χ0v) is 16.5. The quantitative estimate of drug-likeness (QED) is 0.722. The van der Waals surface area contributed by atoms with Gasteiger partial charge in [-0.1, -0.05) is 38.1 Å². The molecule has 7 heteroatoms. The van der Waals surface area contributed by atoms with Crippen LogP contribution in [-0.2, 0) is 14.8 Å². The van der Waals surface area contributed by atoms with Gasteiger partial charge < -0.3 is 5.32 Å². The molecule has 2 rings (SSSR count). The smallest absolute Gasteiger partial charge is 0.240 e. The van der Waals surface area contributed by atoms with Gasteiger partial charge in [-0.3, -0.25) is 4.79 Å². The van der Waals surface area contributed by atoms with E-state index in [1.165, 1.54) is 12.1 Å². The maximum Gasteiger partial charge on any atom is 0.240 e. The van der Waals surface area contributed by atoms with Crippen molar-refractivity contribution in [3.05, 3.63) is 65.5 Å². The summed E-state index contributed by atoms with van der Waals surface area (Å²) < 4.78 is 40.3. The maximum atomic E-state index is 13.2. The molecule has 0 fully saturated rings. The fourth-order valence-electron chi connectivity index (χ4n) is 2.59. The van der Waals surface area contributed by atoms with Crippen LogP contribution in [0.5, 0.6) is 0 Å². The second kappa shape index (κ2) is 9.10. The Labute approximate surface area is 160 Å². The van der Waals surface area contributed by atoms with Crippen molar-refractivity contribution in [1.82, 2.24) is 10.0 Å². The minimum Gasteiger partial charge on any atom is -0.350 e. The summed E-state index contributed by atoms with van der Waals surface area (Å²) >= 11 is 0. The molecule has 0 aliphatic carbocycles. The molecule has 5 nitrogen and oxygen atoms in total. The fraction of sp³-hybridized carbons (Fsp3) is 0.350. The molecule has 0 aliphatic heterocycles. The average molecular weight is 392 g/mol. The first-order valence-corrected chi connectivity index (χ1v) is 10.3. The third kappa shape index (κ3) is 6.15. The van der Waals surface area contributed by atoms with E-state index in [-0.39, 0.29) is 35.6 Å².